The summed E-state index contributed by atoms with van der Waals surface area (Å²) in [6.07, 6.45) is 3.50. The Morgan fingerprint density at radius 2 is 2.14 bits per heavy atom. The highest BCUT2D eigenvalue weighted by atomic mass is 16.3. The first-order valence-electron chi connectivity index (χ1n) is 8.11. The van der Waals surface area contributed by atoms with Crippen molar-refractivity contribution in [1.29, 1.82) is 0 Å². The number of likely N-dealkylation sites (N-methyl/N-ethyl adjacent to an activating group) is 1. The molecule has 1 aromatic carbocycles. The summed E-state index contributed by atoms with van der Waals surface area (Å²) in [7, 11) is 6.57. The molecule has 0 radical (unpaired) electrons. The Morgan fingerprint density at radius 3 is 2.86 bits per heavy atom. The van der Waals surface area contributed by atoms with Crippen LogP contribution in [-0.2, 0) is 11.8 Å². The highest BCUT2D eigenvalue weighted by Crippen LogP contribution is 2.51. The number of phenolic OH excluding ortho intramolecular Hbond substituents is 1. The van der Waals surface area contributed by atoms with E-state index in [0.717, 1.165) is 19.5 Å². The quantitative estimate of drug-likeness (QED) is 0.925. The Bertz CT molecular complexity index is 528. The van der Waals surface area contributed by atoms with Gasteiger partial charge in [0.05, 0.1) is 0 Å². The average molecular weight is 288 g/mol. The molecular weight excluding hydrogens is 260 g/mol. The molecule has 1 aromatic rings. The van der Waals surface area contributed by atoms with Gasteiger partial charge < -0.3 is 14.9 Å². The summed E-state index contributed by atoms with van der Waals surface area (Å²) in [4.78, 5) is 4.82. The number of likely N-dealkylation sites (tertiary alicyclic amines) is 1. The van der Waals surface area contributed by atoms with Gasteiger partial charge in [-0.1, -0.05) is 13.0 Å². The van der Waals surface area contributed by atoms with Crippen LogP contribution in [-0.4, -0.2) is 55.2 Å². The molecule has 1 heterocycles. The van der Waals surface area contributed by atoms with Crippen LogP contribution in [0.5, 0.6) is 5.75 Å². The third kappa shape index (κ3) is 2.36. The van der Waals surface area contributed by atoms with Crippen molar-refractivity contribution in [2.75, 3.05) is 34.2 Å². The fourth-order valence-electron chi connectivity index (χ4n) is 4.57. The maximum atomic E-state index is 9.99. The maximum absolute atomic E-state index is 9.99. The van der Waals surface area contributed by atoms with E-state index in [0.29, 0.717) is 17.7 Å². The summed E-state index contributed by atoms with van der Waals surface area (Å²) >= 11 is 0. The van der Waals surface area contributed by atoms with Crippen molar-refractivity contribution in [2.45, 2.75) is 37.6 Å². The van der Waals surface area contributed by atoms with Crippen LogP contribution in [0.1, 0.15) is 30.9 Å². The molecule has 0 spiro atoms. The highest BCUT2D eigenvalue weighted by Gasteiger charge is 2.50. The molecule has 3 heteroatoms. The number of hydrogen-bond acceptors (Lipinski definition) is 3. The van der Waals surface area contributed by atoms with Crippen LogP contribution in [0.3, 0.4) is 0 Å². The fourth-order valence-corrected chi connectivity index (χ4v) is 4.57. The molecule has 1 aliphatic carbocycles. The number of rotatable bonds is 3. The van der Waals surface area contributed by atoms with Crippen LogP contribution in [0.25, 0.3) is 0 Å². The second kappa shape index (κ2) is 5.29. The Hall–Kier alpha value is -1.06. The van der Waals surface area contributed by atoms with Gasteiger partial charge in [-0.05, 0) is 82.7 Å². The largest absolute Gasteiger partial charge is 0.508 e. The summed E-state index contributed by atoms with van der Waals surface area (Å²) in [5, 5.41) is 9.99. The third-order valence-corrected chi connectivity index (χ3v) is 5.99. The second-order valence-corrected chi connectivity index (χ2v) is 7.34. The predicted molar refractivity (Wildman–Crippen MR) is 86.9 cm³/mol. The average Bonchev–Trinajstić information content (AvgIpc) is 2.43. The lowest BCUT2D eigenvalue weighted by Crippen LogP contribution is -2.58. The van der Waals surface area contributed by atoms with Crippen molar-refractivity contribution in [3.8, 4) is 5.75 Å². The first-order valence-corrected chi connectivity index (χ1v) is 8.11. The molecule has 1 aliphatic heterocycles. The van der Waals surface area contributed by atoms with Crippen LogP contribution in [0.15, 0.2) is 18.2 Å². The molecule has 3 rings (SSSR count). The number of fused-ring (bicyclic) bond motifs is 4. The highest BCUT2D eigenvalue weighted by molar-refractivity contribution is 5.44. The number of benzene rings is 1. The molecule has 1 N–H and O–H groups in total. The molecule has 3 nitrogen and oxygen atoms in total. The predicted octanol–water partition coefficient (Wildman–Crippen LogP) is 2.48. The first kappa shape index (κ1) is 14.9. The zero-order valence-electron chi connectivity index (χ0n) is 13.8. The van der Waals surface area contributed by atoms with Crippen molar-refractivity contribution in [1.82, 2.24) is 9.80 Å². The van der Waals surface area contributed by atoms with Crippen molar-refractivity contribution in [2.24, 2.45) is 5.92 Å². The van der Waals surface area contributed by atoms with Gasteiger partial charge >= 0.3 is 0 Å². The zero-order chi connectivity index (χ0) is 15.2. The van der Waals surface area contributed by atoms with Crippen molar-refractivity contribution in [3.63, 3.8) is 0 Å². The van der Waals surface area contributed by atoms with E-state index >= 15 is 0 Å². The van der Waals surface area contributed by atoms with E-state index < -0.39 is 0 Å². The van der Waals surface area contributed by atoms with Gasteiger partial charge in [-0.3, -0.25) is 0 Å². The Labute approximate surface area is 128 Å². The molecule has 0 amide bonds. The molecule has 3 atom stereocenters. The van der Waals surface area contributed by atoms with Crippen LogP contribution in [0, 0.1) is 5.92 Å². The van der Waals surface area contributed by atoms with E-state index in [1.54, 1.807) is 0 Å². The Balaban J connectivity index is 2.07. The van der Waals surface area contributed by atoms with Gasteiger partial charge in [0.15, 0.2) is 0 Å². The van der Waals surface area contributed by atoms with E-state index in [1.807, 2.05) is 12.1 Å². The van der Waals surface area contributed by atoms with E-state index in [-0.39, 0.29) is 5.41 Å². The minimum Gasteiger partial charge on any atom is -0.508 e. The van der Waals surface area contributed by atoms with Gasteiger partial charge in [0, 0.05) is 11.5 Å². The molecule has 0 unspecified atom stereocenters. The van der Waals surface area contributed by atoms with Crippen LogP contribution < -0.4 is 0 Å². The van der Waals surface area contributed by atoms with Crippen molar-refractivity contribution < 1.29 is 5.11 Å². The van der Waals surface area contributed by atoms with Gasteiger partial charge in [-0.15, -0.1) is 0 Å². The molecule has 116 valence electrons. The minimum atomic E-state index is 0.230. The molecule has 1 fully saturated rings. The number of nitrogens with zero attached hydrogens (tertiary/aromatic N) is 2. The van der Waals surface area contributed by atoms with Crippen molar-refractivity contribution in [3.05, 3.63) is 29.3 Å². The monoisotopic (exact) mass is 288 g/mol. The lowest BCUT2D eigenvalue weighted by atomic mass is 9.56. The number of piperidine rings is 1. The van der Waals surface area contributed by atoms with Gasteiger partial charge in [0.2, 0.25) is 0 Å². The van der Waals surface area contributed by atoms with Gasteiger partial charge in [0.25, 0.3) is 0 Å². The molecule has 2 bridgehead atoms. The van der Waals surface area contributed by atoms with Gasteiger partial charge in [0.1, 0.15) is 5.75 Å². The zero-order valence-corrected chi connectivity index (χ0v) is 13.8. The Kier molecular flexibility index (Phi) is 3.74. The number of hydrogen-bond donors (Lipinski definition) is 1. The number of phenols is 1. The molecule has 2 aliphatic rings. The van der Waals surface area contributed by atoms with Gasteiger partial charge in [-0.2, -0.15) is 0 Å². The molecule has 0 saturated carbocycles. The van der Waals surface area contributed by atoms with Crippen molar-refractivity contribution >= 4 is 0 Å². The summed E-state index contributed by atoms with van der Waals surface area (Å²) < 4.78 is 0. The number of aromatic hydroxyl groups is 1. The SMILES string of the molecule is C[C@H]1[C@H]2Cc3ccc(O)cc3[C@]1(CCN(C)C)CCN2C. The maximum Gasteiger partial charge on any atom is 0.115 e. The third-order valence-electron chi connectivity index (χ3n) is 5.99. The smallest absolute Gasteiger partial charge is 0.115 e. The standard InChI is InChI=1S/C18H28N2O/c1-13-17-11-14-5-6-15(21)12-16(14)18(13,7-9-19(2)3)8-10-20(17)4/h5-6,12-13,17,21H,7-11H2,1-4H3/t13-,17+,18+/m0/s1. The van der Waals surface area contributed by atoms with Crippen LogP contribution in [0.2, 0.25) is 0 Å². The first-order chi connectivity index (χ1) is 9.94. The summed E-state index contributed by atoms with van der Waals surface area (Å²) in [6.45, 7) is 4.69. The van der Waals surface area contributed by atoms with Gasteiger partial charge in [-0.25, -0.2) is 0 Å². The summed E-state index contributed by atoms with van der Waals surface area (Å²) in [6, 6.07) is 6.68. The summed E-state index contributed by atoms with van der Waals surface area (Å²) in [5.41, 5.74) is 3.09. The lowest BCUT2D eigenvalue weighted by Gasteiger charge is -2.55. The lowest BCUT2D eigenvalue weighted by molar-refractivity contribution is 0.0322. The molecule has 1 saturated heterocycles. The second-order valence-electron chi connectivity index (χ2n) is 7.34. The molecule has 0 aromatic heterocycles. The van der Waals surface area contributed by atoms with Crippen LogP contribution in [0.4, 0.5) is 0 Å². The minimum absolute atomic E-state index is 0.230. The Morgan fingerprint density at radius 1 is 1.38 bits per heavy atom. The van der Waals surface area contributed by atoms with Crippen LogP contribution >= 0.6 is 0 Å². The van der Waals surface area contributed by atoms with E-state index in [9.17, 15) is 5.11 Å². The molecular formula is C18H28N2O. The fraction of sp³-hybridized carbons (Fsp3) is 0.667. The molecule has 21 heavy (non-hydrogen) atoms. The topological polar surface area (TPSA) is 26.7 Å². The van der Waals surface area contributed by atoms with E-state index in [4.69, 9.17) is 0 Å². The van der Waals surface area contributed by atoms with E-state index in [1.165, 1.54) is 24.0 Å². The summed E-state index contributed by atoms with van der Waals surface area (Å²) in [5.74, 6) is 1.06. The van der Waals surface area contributed by atoms with E-state index in [2.05, 4.69) is 43.9 Å². The normalized spacial score (nSPS) is 32.2.